The molecule has 2 N–H and O–H groups in total. The van der Waals surface area contributed by atoms with Crippen molar-refractivity contribution in [3.8, 4) is 0 Å². The van der Waals surface area contributed by atoms with Crippen LogP contribution < -0.4 is 16.6 Å². The van der Waals surface area contributed by atoms with Crippen LogP contribution in [0.25, 0.3) is 10.2 Å². The van der Waals surface area contributed by atoms with Crippen LogP contribution >= 0.6 is 11.3 Å². The minimum absolute atomic E-state index is 0.129. The second kappa shape index (κ2) is 5.22. The third-order valence-electron chi connectivity index (χ3n) is 2.91. The lowest BCUT2D eigenvalue weighted by molar-refractivity contribution is 0.0928. The largest absolute Gasteiger partial charge is 0.392 e. The molecule has 0 aliphatic rings. The quantitative estimate of drug-likeness (QED) is 0.792. The molecule has 0 bridgehead atoms. The fraction of sp³-hybridized carbons (Fsp3) is 0.417. The molecule has 2 rings (SSSR count). The zero-order valence-corrected chi connectivity index (χ0v) is 12.2. The Morgan fingerprint density at radius 3 is 2.65 bits per heavy atom. The summed E-state index contributed by atoms with van der Waals surface area (Å²) >= 11 is 1.08. The number of hydrogen-bond acceptors (Lipinski definition) is 5. The van der Waals surface area contributed by atoms with Crippen LogP contribution in [-0.2, 0) is 14.1 Å². The van der Waals surface area contributed by atoms with Gasteiger partial charge in [0.1, 0.15) is 4.83 Å². The number of nitrogens with zero attached hydrogens (tertiary/aromatic N) is 2. The van der Waals surface area contributed by atoms with Gasteiger partial charge in [0.05, 0.1) is 16.4 Å². The average Bonchev–Trinajstić information content (AvgIpc) is 2.85. The first-order valence-electron chi connectivity index (χ1n) is 5.98. The van der Waals surface area contributed by atoms with Crippen molar-refractivity contribution in [3.05, 3.63) is 31.8 Å². The number of aryl methyl sites for hydroxylation is 1. The van der Waals surface area contributed by atoms with E-state index in [1.165, 1.54) is 17.7 Å². The summed E-state index contributed by atoms with van der Waals surface area (Å²) < 4.78 is 2.35. The van der Waals surface area contributed by atoms with Crippen molar-refractivity contribution in [3.63, 3.8) is 0 Å². The number of aliphatic hydroxyl groups excluding tert-OH is 1. The topological polar surface area (TPSA) is 93.3 Å². The van der Waals surface area contributed by atoms with Crippen LogP contribution in [0.15, 0.2) is 15.7 Å². The van der Waals surface area contributed by atoms with Gasteiger partial charge < -0.3 is 10.4 Å². The van der Waals surface area contributed by atoms with Gasteiger partial charge in [-0.1, -0.05) is 0 Å². The van der Waals surface area contributed by atoms with E-state index >= 15 is 0 Å². The SMILES string of the molecule is C[C@H](O)CNC(=O)c1cc2c(=O)n(C)c(=O)n(C)c2s1. The molecule has 0 radical (unpaired) electrons. The summed E-state index contributed by atoms with van der Waals surface area (Å²) in [5.41, 5.74) is -0.853. The minimum Gasteiger partial charge on any atom is -0.392 e. The summed E-state index contributed by atoms with van der Waals surface area (Å²) in [5, 5.41) is 12.0. The Balaban J connectivity index is 2.52. The highest BCUT2D eigenvalue weighted by Crippen LogP contribution is 2.21. The normalized spacial score (nSPS) is 12.6. The van der Waals surface area contributed by atoms with Gasteiger partial charge in [-0.25, -0.2) is 4.79 Å². The smallest absolute Gasteiger partial charge is 0.331 e. The summed E-state index contributed by atoms with van der Waals surface area (Å²) in [6.07, 6.45) is -0.648. The molecule has 1 amide bonds. The van der Waals surface area contributed by atoms with Crippen molar-refractivity contribution < 1.29 is 9.90 Å². The molecule has 2 heterocycles. The van der Waals surface area contributed by atoms with E-state index in [2.05, 4.69) is 5.32 Å². The van der Waals surface area contributed by atoms with Gasteiger partial charge in [-0.2, -0.15) is 0 Å². The molecule has 0 saturated heterocycles. The zero-order chi connectivity index (χ0) is 15.0. The Labute approximate surface area is 118 Å². The number of nitrogens with one attached hydrogen (secondary N) is 1. The summed E-state index contributed by atoms with van der Waals surface area (Å²) in [6.45, 7) is 1.69. The van der Waals surface area contributed by atoms with E-state index in [1.807, 2.05) is 0 Å². The summed E-state index contributed by atoms with van der Waals surface area (Å²) in [5.74, 6) is -0.374. The number of thiophene rings is 1. The standard InChI is InChI=1S/C12H15N3O4S/c1-6(16)5-13-9(17)8-4-7-10(18)14(2)12(19)15(3)11(7)20-8/h4,6,16H,5H2,1-3H3,(H,13,17)/t6-/m0/s1. The molecule has 0 unspecified atom stereocenters. The van der Waals surface area contributed by atoms with E-state index in [9.17, 15) is 14.4 Å². The van der Waals surface area contributed by atoms with Crippen LogP contribution in [0.4, 0.5) is 0 Å². The van der Waals surface area contributed by atoms with Crippen molar-refractivity contribution in [2.24, 2.45) is 14.1 Å². The van der Waals surface area contributed by atoms with Crippen LogP contribution in [-0.4, -0.2) is 32.8 Å². The first kappa shape index (κ1) is 14.5. The van der Waals surface area contributed by atoms with Crippen molar-refractivity contribution in [2.75, 3.05) is 6.54 Å². The zero-order valence-electron chi connectivity index (χ0n) is 11.3. The molecule has 1 atom stereocenters. The Morgan fingerprint density at radius 2 is 2.05 bits per heavy atom. The van der Waals surface area contributed by atoms with Crippen molar-refractivity contribution in [1.82, 2.24) is 14.5 Å². The molecule has 0 fully saturated rings. The number of amides is 1. The van der Waals surface area contributed by atoms with Gasteiger partial charge >= 0.3 is 5.69 Å². The number of hydrogen-bond donors (Lipinski definition) is 2. The lowest BCUT2D eigenvalue weighted by Crippen LogP contribution is -2.36. The van der Waals surface area contributed by atoms with Crippen LogP contribution in [0.3, 0.4) is 0 Å². The fourth-order valence-corrected chi connectivity index (χ4v) is 2.82. The maximum atomic E-state index is 12.0. The van der Waals surface area contributed by atoms with E-state index in [0.29, 0.717) is 15.1 Å². The van der Waals surface area contributed by atoms with E-state index in [4.69, 9.17) is 5.11 Å². The summed E-state index contributed by atoms with van der Waals surface area (Å²) in [6, 6.07) is 1.47. The van der Waals surface area contributed by atoms with Crippen molar-refractivity contribution >= 4 is 27.5 Å². The predicted molar refractivity (Wildman–Crippen MR) is 76.3 cm³/mol. The molecule has 108 valence electrons. The maximum Gasteiger partial charge on any atom is 0.331 e. The third kappa shape index (κ3) is 2.39. The number of rotatable bonds is 3. The highest BCUT2D eigenvalue weighted by molar-refractivity contribution is 7.20. The second-order valence-electron chi connectivity index (χ2n) is 4.59. The van der Waals surface area contributed by atoms with Gasteiger partial charge in [-0.15, -0.1) is 11.3 Å². The van der Waals surface area contributed by atoms with Crippen LogP contribution in [0.5, 0.6) is 0 Å². The molecule has 7 nitrogen and oxygen atoms in total. The van der Waals surface area contributed by atoms with Gasteiger partial charge in [0.2, 0.25) is 0 Å². The fourth-order valence-electron chi connectivity index (χ4n) is 1.80. The molecule has 2 aromatic heterocycles. The van der Waals surface area contributed by atoms with Gasteiger partial charge in [0, 0.05) is 20.6 Å². The molecule has 0 aliphatic heterocycles. The lowest BCUT2D eigenvalue weighted by Gasteiger charge is -2.04. The Hall–Kier alpha value is -1.93. The van der Waals surface area contributed by atoms with Crippen molar-refractivity contribution in [1.29, 1.82) is 0 Å². The van der Waals surface area contributed by atoms with E-state index in [0.717, 1.165) is 15.9 Å². The van der Waals surface area contributed by atoms with E-state index in [-0.39, 0.29) is 12.5 Å². The predicted octanol–water partition coefficient (Wildman–Crippen LogP) is -0.591. The summed E-state index contributed by atoms with van der Waals surface area (Å²) in [7, 11) is 2.95. The highest BCUT2D eigenvalue weighted by Gasteiger charge is 2.16. The Morgan fingerprint density at radius 1 is 1.40 bits per heavy atom. The molecule has 0 saturated carbocycles. The van der Waals surface area contributed by atoms with Gasteiger partial charge in [0.15, 0.2) is 0 Å². The minimum atomic E-state index is -0.648. The monoisotopic (exact) mass is 297 g/mol. The van der Waals surface area contributed by atoms with Crippen molar-refractivity contribution in [2.45, 2.75) is 13.0 Å². The summed E-state index contributed by atoms with van der Waals surface area (Å²) in [4.78, 5) is 36.5. The number of carbonyl (C=O) groups excluding carboxylic acids is 1. The molecular weight excluding hydrogens is 282 g/mol. The number of aliphatic hydroxyl groups is 1. The highest BCUT2D eigenvalue weighted by atomic mass is 32.1. The Kier molecular flexibility index (Phi) is 3.78. The molecule has 0 aromatic carbocycles. The van der Waals surface area contributed by atoms with Crippen LogP contribution in [0.1, 0.15) is 16.6 Å². The Bertz CT molecular complexity index is 784. The van der Waals surface area contributed by atoms with E-state index < -0.39 is 17.4 Å². The first-order valence-corrected chi connectivity index (χ1v) is 6.80. The van der Waals surface area contributed by atoms with Crippen LogP contribution in [0.2, 0.25) is 0 Å². The molecule has 0 aliphatic carbocycles. The van der Waals surface area contributed by atoms with Crippen LogP contribution in [0, 0.1) is 0 Å². The van der Waals surface area contributed by atoms with E-state index in [1.54, 1.807) is 14.0 Å². The van der Waals surface area contributed by atoms with Gasteiger partial charge in [0.25, 0.3) is 11.5 Å². The molecule has 8 heteroatoms. The second-order valence-corrected chi connectivity index (χ2v) is 5.62. The lowest BCUT2D eigenvalue weighted by atomic mass is 10.3. The maximum absolute atomic E-state index is 12.0. The third-order valence-corrected chi connectivity index (χ3v) is 4.12. The number of carbonyl (C=O) groups is 1. The molecular formula is C12H15N3O4S. The number of fused-ring (bicyclic) bond motifs is 1. The molecule has 20 heavy (non-hydrogen) atoms. The van der Waals surface area contributed by atoms with Gasteiger partial charge in [-0.3, -0.25) is 18.7 Å². The molecule has 0 spiro atoms. The number of aromatic nitrogens is 2. The average molecular weight is 297 g/mol. The first-order chi connectivity index (χ1) is 9.32. The van der Waals surface area contributed by atoms with Gasteiger partial charge in [-0.05, 0) is 13.0 Å². The molecule has 2 aromatic rings.